The summed E-state index contributed by atoms with van der Waals surface area (Å²) in [6, 6.07) is 4.10. The number of piperidine rings is 1. The zero-order valence-corrected chi connectivity index (χ0v) is 17.6. The van der Waals surface area contributed by atoms with E-state index in [1.54, 1.807) is 6.07 Å². The number of aromatic amines is 1. The number of hydrogen-bond acceptors (Lipinski definition) is 5. The predicted octanol–water partition coefficient (Wildman–Crippen LogP) is 1.92. The molecule has 0 radical (unpaired) electrons. The number of rotatable bonds is 5. The smallest absolute Gasteiger partial charge is 0.272 e. The van der Waals surface area contributed by atoms with Gasteiger partial charge in [0.15, 0.2) is 5.65 Å². The zero-order valence-electron chi connectivity index (χ0n) is 17.6. The summed E-state index contributed by atoms with van der Waals surface area (Å²) >= 11 is 0. The quantitative estimate of drug-likeness (QED) is 0.828. The highest BCUT2D eigenvalue weighted by atomic mass is 16.5. The summed E-state index contributed by atoms with van der Waals surface area (Å²) in [7, 11) is 1.53. The number of carbonyl (C=O) groups is 1. The number of H-pyrrole nitrogens is 1. The lowest BCUT2D eigenvalue weighted by Gasteiger charge is -2.34. The summed E-state index contributed by atoms with van der Waals surface area (Å²) in [5, 5.41) is 3.18. The van der Waals surface area contributed by atoms with Crippen molar-refractivity contribution in [3.63, 3.8) is 0 Å². The first-order chi connectivity index (χ1) is 14.0. The minimum Gasteiger partial charge on any atom is -0.375 e. The highest BCUT2D eigenvalue weighted by Gasteiger charge is 2.31. The van der Waals surface area contributed by atoms with Crippen LogP contribution in [0.3, 0.4) is 0 Å². The van der Waals surface area contributed by atoms with Crippen LogP contribution in [0.15, 0.2) is 16.9 Å². The Morgan fingerprint density at radius 1 is 1.24 bits per heavy atom. The Bertz CT molecular complexity index is 926. The molecular weight excluding hydrogens is 370 g/mol. The van der Waals surface area contributed by atoms with E-state index in [4.69, 9.17) is 9.72 Å². The molecule has 8 nitrogen and oxygen atoms in total. The average Bonchev–Trinajstić information content (AvgIpc) is 3.35. The zero-order chi connectivity index (χ0) is 20.5. The second-order valence-electron chi connectivity index (χ2n) is 8.51. The first kappa shape index (κ1) is 20.1. The van der Waals surface area contributed by atoms with Crippen LogP contribution in [0.5, 0.6) is 0 Å². The Hall–Kier alpha value is -2.19. The molecule has 29 heavy (non-hydrogen) atoms. The van der Waals surface area contributed by atoms with Crippen molar-refractivity contribution in [2.45, 2.75) is 57.5 Å². The number of aromatic nitrogens is 3. The number of nitrogens with zero attached hydrogens (tertiary/aromatic N) is 4. The van der Waals surface area contributed by atoms with Crippen LogP contribution in [0.4, 0.5) is 0 Å². The summed E-state index contributed by atoms with van der Waals surface area (Å²) in [5.41, 5.74) is 2.31. The molecule has 0 saturated carbocycles. The van der Waals surface area contributed by atoms with Crippen LogP contribution in [-0.2, 0) is 9.53 Å². The van der Waals surface area contributed by atoms with E-state index in [0.29, 0.717) is 24.2 Å². The third-order valence-electron chi connectivity index (χ3n) is 6.37. The van der Waals surface area contributed by atoms with E-state index in [1.165, 1.54) is 11.6 Å². The molecule has 158 valence electrons. The number of fused-ring (bicyclic) bond motifs is 1. The van der Waals surface area contributed by atoms with E-state index in [0.717, 1.165) is 50.2 Å². The molecule has 2 aliphatic heterocycles. The number of amides is 1. The van der Waals surface area contributed by atoms with Gasteiger partial charge in [0, 0.05) is 37.7 Å². The lowest BCUT2D eigenvalue weighted by molar-refractivity contribution is -0.136. The van der Waals surface area contributed by atoms with Crippen molar-refractivity contribution in [1.29, 1.82) is 0 Å². The number of hydrogen-bond donors (Lipinski definition) is 1. The molecule has 1 N–H and O–H groups in total. The standard InChI is InChI=1S/C21H31N5O3/c1-14(2)24-9-6-15(7-10-24)16-12-20(27)26-19(22-16)11-17(23-26)18-5-4-8-25(18)21(28)13-29-3/h11-12,14-15,18,23H,4-10,13H2,1-3H3/t18-/m0/s1. The van der Waals surface area contributed by atoms with E-state index in [2.05, 4.69) is 23.8 Å². The van der Waals surface area contributed by atoms with Crippen molar-refractivity contribution in [3.05, 3.63) is 33.9 Å². The molecule has 0 bridgehead atoms. The molecule has 2 saturated heterocycles. The monoisotopic (exact) mass is 401 g/mol. The molecular formula is C21H31N5O3. The lowest BCUT2D eigenvalue weighted by atomic mass is 9.92. The average molecular weight is 402 g/mol. The molecule has 2 aromatic heterocycles. The predicted molar refractivity (Wildman–Crippen MR) is 110 cm³/mol. The molecule has 8 heteroatoms. The van der Waals surface area contributed by atoms with Crippen LogP contribution >= 0.6 is 0 Å². The third kappa shape index (κ3) is 3.96. The number of methoxy groups -OCH3 is 1. The van der Waals surface area contributed by atoms with Crippen molar-refractivity contribution in [3.8, 4) is 0 Å². The summed E-state index contributed by atoms with van der Waals surface area (Å²) in [6.07, 6.45) is 3.87. The fourth-order valence-corrected chi connectivity index (χ4v) is 4.71. The Kier molecular flexibility index (Phi) is 5.74. The molecule has 0 spiro atoms. The van der Waals surface area contributed by atoms with E-state index in [-0.39, 0.29) is 24.1 Å². The van der Waals surface area contributed by atoms with Gasteiger partial charge in [-0.05, 0) is 52.6 Å². The van der Waals surface area contributed by atoms with Crippen molar-refractivity contribution < 1.29 is 9.53 Å². The van der Waals surface area contributed by atoms with Crippen molar-refractivity contribution in [2.24, 2.45) is 0 Å². The Labute approximate surface area is 170 Å². The molecule has 2 aromatic rings. The summed E-state index contributed by atoms with van der Waals surface area (Å²) in [5.74, 6) is 0.305. The van der Waals surface area contributed by atoms with Crippen molar-refractivity contribution >= 4 is 11.6 Å². The maximum absolute atomic E-state index is 12.7. The lowest BCUT2D eigenvalue weighted by Crippen LogP contribution is -2.38. The molecule has 0 aromatic carbocycles. The van der Waals surface area contributed by atoms with E-state index in [1.807, 2.05) is 11.0 Å². The fourth-order valence-electron chi connectivity index (χ4n) is 4.71. The molecule has 1 amide bonds. The number of ether oxygens (including phenoxy) is 1. The largest absolute Gasteiger partial charge is 0.375 e. The topological polar surface area (TPSA) is 82.9 Å². The van der Waals surface area contributed by atoms with Crippen LogP contribution in [0.25, 0.3) is 5.65 Å². The van der Waals surface area contributed by atoms with Crippen LogP contribution in [0, 0.1) is 0 Å². The fraction of sp³-hybridized carbons (Fsp3) is 0.667. The highest BCUT2D eigenvalue weighted by Crippen LogP contribution is 2.32. The van der Waals surface area contributed by atoms with Gasteiger partial charge in [-0.2, -0.15) is 0 Å². The highest BCUT2D eigenvalue weighted by molar-refractivity contribution is 5.78. The Morgan fingerprint density at radius 2 is 2.00 bits per heavy atom. The Morgan fingerprint density at radius 3 is 2.69 bits per heavy atom. The number of carbonyl (C=O) groups excluding carboxylic acids is 1. The van der Waals surface area contributed by atoms with Crippen molar-refractivity contribution in [2.75, 3.05) is 33.4 Å². The van der Waals surface area contributed by atoms with E-state index in [9.17, 15) is 9.59 Å². The van der Waals surface area contributed by atoms with Crippen molar-refractivity contribution in [1.82, 2.24) is 24.4 Å². The van der Waals surface area contributed by atoms with E-state index < -0.39 is 0 Å². The van der Waals surface area contributed by atoms with Gasteiger partial charge in [-0.15, -0.1) is 0 Å². The molecule has 4 heterocycles. The molecule has 4 rings (SSSR count). The number of nitrogens with one attached hydrogen (secondary N) is 1. The molecule has 2 aliphatic rings. The van der Waals surface area contributed by atoms with Gasteiger partial charge < -0.3 is 14.5 Å². The van der Waals surface area contributed by atoms with Gasteiger partial charge in [-0.25, -0.2) is 9.50 Å². The maximum Gasteiger partial charge on any atom is 0.272 e. The second kappa shape index (κ2) is 8.28. The first-order valence-corrected chi connectivity index (χ1v) is 10.6. The SMILES string of the molecule is COCC(=O)N1CCC[C@H]1c1cc2nc(C3CCN(C(C)C)CC3)cc(=O)n2[nH]1. The molecule has 0 unspecified atom stereocenters. The van der Waals surface area contributed by atoms with Crippen LogP contribution in [0.2, 0.25) is 0 Å². The van der Waals surface area contributed by atoms with Crippen LogP contribution < -0.4 is 5.56 Å². The third-order valence-corrected chi connectivity index (χ3v) is 6.37. The molecule has 2 fully saturated rings. The molecule has 0 aliphatic carbocycles. The van der Waals surface area contributed by atoms with Gasteiger partial charge >= 0.3 is 0 Å². The summed E-state index contributed by atoms with van der Waals surface area (Å²) < 4.78 is 6.51. The van der Waals surface area contributed by atoms with Gasteiger partial charge in [-0.1, -0.05) is 0 Å². The van der Waals surface area contributed by atoms with Gasteiger partial charge in [0.1, 0.15) is 6.61 Å². The van der Waals surface area contributed by atoms with Crippen LogP contribution in [0.1, 0.15) is 62.9 Å². The van der Waals surface area contributed by atoms with Gasteiger partial charge in [-0.3, -0.25) is 14.7 Å². The summed E-state index contributed by atoms with van der Waals surface area (Å²) in [4.78, 5) is 34.2. The van der Waals surface area contributed by atoms with E-state index >= 15 is 0 Å². The van der Waals surface area contributed by atoms with Gasteiger partial charge in [0.2, 0.25) is 5.91 Å². The second-order valence-corrected chi connectivity index (χ2v) is 8.51. The Balaban J connectivity index is 1.58. The van der Waals surface area contributed by atoms with Gasteiger partial charge in [0.25, 0.3) is 5.56 Å². The minimum absolute atomic E-state index is 0.0217. The minimum atomic E-state index is -0.0877. The maximum atomic E-state index is 12.7. The molecule has 1 atom stereocenters. The van der Waals surface area contributed by atoms with Gasteiger partial charge in [0.05, 0.1) is 17.4 Å². The summed E-state index contributed by atoms with van der Waals surface area (Å²) in [6.45, 7) is 7.32. The normalized spacial score (nSPS) is 21.5. The number of likely N-dealkylation sites (tertiary alicyclic amines) is 2. The van der Waals surface area contributed by atoms with Crippen LogP contribution in [-0.4, -0.2) is 69.7 Å². The first-order valence-electron chi connectivity index (χ1n) is 10.6.